The van der Waals surface area contributed by atoms with Gasteiger partial charge < -0.3 is 5.11 Å². The van der Waals surface area contributed by atoms with E-state index in [1.807, 2.05) is 18.2 Å². The lowest BCUT2D eigenvalue weighted by molar-refractivity contribution is -0.0325. The molecule has 1 fully saturated rings. The Kier molecular flexibility index (Phi) is 5.34. The topological polar surface area (TPSA) is 23.5 Å². The molecule has 4 rings (SSSR count). The number of likely N-dealkylation sites (tertiary alicyclic amines) is 1. The molecular weight excluding hydrogens is 342 g/mol. The van der Waals surface area contributed by atoms with Crippen molar-refractivity contribution in [2.45, 2.75) is 38.3 Å². The van der Waals surface area contributed by atoms with Crippen molar-refractivity contribution in [1.29, 1.82) is 0 Å². The second kappa shape index (κ2) is 7.90. The summed E-state index contributed by atoms with van der Waals surface area (Å²) in [6.45, 7) is 6.15. The van der Waals surface area contributed by atoms with Crippen LogP contribution < -0.4 is 0 Å². The third kappa shape index (κ3) is 3.63. The summed E-state index contributed by atoms with van der Waals surface area (Å²) in [6, 6.07) is 27.8. The van der Waals surface area contributed by atoms with Gasteiger partial charge in [-0.2, -0.15) is 0 Å². The van der Waals surface area contributed by atoms with Gasteiger partial charge in [0.1, 0.15) is 0 Å². The minimum atomic E-state index is -0.722. The molecule has 28 heavy (non-hydrogen) atoms. The second-order valence-electron chi connectivity index (χ2n) is 8.05. The summed E-state index contributed by atoms with van der Waals surface area (Å²) in [7, 11) is 0. The highest BCUT2D eigenvalue weighted by molar-refractivity contribution is 5.40. The molecule has 1 N–H and O–H groups in total. The minimum absolute atomic E-state index is 0.225. The largest absolute Gasteiger partial charge is 0.385 e. The highest BCUT2D eigenvalue weighted by Crippen LogP contribution is 2.39. The molecule has 2 nitrogen and oxygen atoms in total. The number of rotatable bonds is 4. The molecule has 0 atom stereocenters. The minimum Gasteiger partial charge on any atom is -0.385 e. The third-order valence-corrected chi connectivity index (χ3v) is 6.27. The van der Waals surface area contributed by atoms with E-state index < -0.39 is 5.60 Å². The summed E-state index contributed by atoms with van der Waals surface area (Å²) in [4.78, 5) is 2.54. The van der Waals surface area contributed by atoms with Crippen molar-refractivity contribution < 1.29 is 5.11 Å². The van der Waals surface area contributed by atoms with Crippen molar-refractivity contribution in [3.05, 3.63) is 107 Å². The SMILES string of the molecule is Cc1ccccc1C(c1ccccc1C)N1CCC(O)(c2ccccc2)CC1. The van der Waals surface area contributed by atoms with E-state index in [1.54, 1.807) is 0 Å². The maximum atomic E-state index is 11.3. The number of aliphatic hydroxyl groups is 1. The molecule has 3 aromatic rings. The summed E-state index contributed by atoms with van der Waals surface area (Å²) >= 11 is 0. The van der Waals surface area contributed by atoms with Gasteiger partial charge in [-0.3, -0.25) is 4.90 Å². The number of benzene rings is 3. The van der Waals surface area contributed by atoms with E-state index in [0.29, 0.717) is 0 Å². The molecule has 0 amide bonds. The molecule has 0 saturated carbocycles. The van der Waals surface area contributed by atoms with Crippen LogP contribution >= 0.6 is 0 Å². The first-order chi connectivity index (χ1) is 13.6. The van der Waals surface area contributed by atoms with Gasteiger partial charge in [0.2, 0.25) is 0 Å². The van der Waals surface area contributed by atoms with E-state index in [9.17, 15) is 5.11 Å². The molecule has 2 heteroatoms. The molecule has 0 bridgehead atoms. The molecule has 0 spiro atoms. The van der Waals surface area contributed by atoms with Gasteiger partial charge in [-0.1, -0.05) is 78.9 Å². The number of nitrogens with zero attached hydrogens (tertiary/aromatic N) is 1. The maximum absolute atomic E-state index is 11.3. The summed E-state index contributed by atoms with van der Waals surface area (Å²) in [5.41, 5.74) is 5.68. The van der Waals surface area contributed by atoms with Crippen LogP contribution in [-0.4, -0.2) is 23.1 Å². The van der Waals surface area contributed by atoms with Crippen LogP contribution in [0, 0.1) is 13.8 Å². The lowest BCUT2D eigenvalue weighted by Gasteiger charge is -2.43. The van der Waals surface area contributed by atoms with Crippen LogP contribution in [-0.2, 0) is 5.60 Å². The number of piperidine rings is 1. The van der Waals surface area contributed by atoms with Crippen molar-refractivity contribution >= 4 is 0 Å². The van der Waals surface area contributed by atoms with Gasteiger partial charge in [0.25, 0.3) is 0 Å². The Hall–Kier alpha value is -2.42. The zero-order chi connectivity index (χ0) is 19.6. The monoisotopic (exact) mass is 371 g/mol. The molecule has 1 aliphatic rings. The van der Waals surface area contributed by atoms with Crippen LogP contribution in [0.2, 0.25) is 0 Å². The van der Waals surface area contributed by atoms with Gasteiger partial charge in [0.15, 0.2) is 0 Å². The van der Waals surface area contributed by atoms with E-state index in [0.717, 1.165) is 31.5 Å². The Morgan fingerprint density at radius 3 is 1.68 bits per heavy atom. The summed E-state index contributed by atoms with van der Waals surface area (Å²) in [5.74, 6) is 0. The van der Waals surface area contributed by atoms with E-state index in [4.69, 9.17) is 0 Å². The predicted molar refractivity (Wildman–Crippen MR) is 115 cm³/mol. The molecule has 144 valence electrons. The molecular formula is C26H29NO. The Morgan fingerprint density at radius 2 is 1.18 bits per heavy atom. The summed E-state index contributed by atoms with van der Waals surface area (Å²) < 4.78 is 0. The average molecular weight is 372 g/mol. The molecule has 0 aliphatic carbocycles. The third-order valence-electron chi connectivity index (χ3n) is 6.27. The highest BCUT2D eigenvalue weighted by Gasteiger charge is 2.37. The van der Waals surface area contributed by atoms with Gasteiger partial charge in [0.05, 0.1) is 11.6 Å². The van der Waals surface area contributed by atoms with E-state index in [2.05, 4.69) is 79.4 Å². The zero-order valence-corrected chi connectivity index (χ0v) is 16.8. The van der Waals surface area contributed by atoms with Crippen LogP contribution in [0.4, 0.5) is 0 Å². The lowest BCUT2D eigenvalue weighted by atomic mass is 9.82. The lowest BCUT2D eigenvalue weighted by Crippen LogP contribution is -2.44. The number of aryl methyl sites for hydroxylation is 2. The number of hydrogen-bond donors (Lipinski definition) is 1. The van der Waals surface area contributed by atoms with Crippen molar-refractivity contribution in [1.82, 2.24) is 4.90 Å². The molecule has 1 saturated heterocycles. The fraction of sp³-hybridized carbons (Fsp3) is 0.308. The summed E-state index contributed by atoms with van der Waals surface area (Å²) in [5, 5.41) is 11.3. The molecule has 3 aromatic carbocycles. The predicted octanol–water partition coefficient (Wildman–Crippen LogP) is 5.38. The quantitative estimate of drug-likeness (QED) is 0.666. The summed E-state index contributed by atoms with van der Waals surface area (Å²) in [6.07, 6.45) is 1.51. The van der Waals surface area contributed by atoms with Gasteiger partial charge >= 0.3 is 0 Å². The average Bonchev–Trinajstić information content (AvgIpc) is 2.73. The van der Waals surface area contributed by atoms with Crippen LogP contribution in [0.5, 0.6) is 0 Å². The Morgan fingerprint density at radius 1 is 0.714 bits per heavy atom. The van der Waals surface area contributed by atoms with E-state index >= 15 is 0 Å². The first kappa shape index (κ1) is 18.9. The number of hydrogen-bond acceptors (Lipinski definition) is 2. The first-order valence-electron chi connectivity index (χ1n) is 10.2. The van der Waals surface area contributed by atoms with Gasteiger partial charge in [0, 0.05) is 13.1 Å². The zero-order valence-electron chi connectivity index (χ0n) is 16.8. The van der Waals surface area contributed by atoms with Gasteiger partial charge in [-0.15, -0.1) is 0 Å². The van der Waals surface area contributed by atoms with Crippen LogP contribution in [0.25, 0.3) is 0 Å². The molecule has 0 unspecified atom stereocenters. The Bertz CT molecular complexity index is 880. The van der Waals surface area contributed by atoms with Crippen LogP contribution in [0.3, 0.4) is 0 Å². The molecule has 0 aromatic heterocycles. The van der Waals surface area contributed by atoms with E-state index in [1.165, 1.54) is 22.3 Å². The molecule has 1 aliphatic heterocycles. The molecule has 0 radical (unpaired) electrons. The fourth-order valence-corrected chi connectivity index (χ4v) is 4.54. The van der Waals surface area contributed by atoms with E-state index in [-0.39, 0.29) is 6.04 Å². The second-order valence-corrected chi connectivity index (χ2v) is 8.05. The van der Waals surface area contributed by atoms with Crippen molar-refractivity contribution in [2.24, 2.45) is 0 Å². The van der Waals surface area contributed by atoms with Crippen LogP contribution in [0.1, 0.15) is 46.7 Å². The first-order valence-corrected chi connectivity index (χ1v) is 10.2. The van der Waals surface area contributed by atoms with Crippen LogP contribution in [0.15, 0.2) is 78.9 Å². The maximum Gasteiger partial charge on any atom is 0.0920 e. The normalized spacial score (nSPS) is 17.0. The van der Waals surface area contributed by atoms with Crippen molar-refractivity contribution in [2.75, 3.05) is 13.1 Å². The molecule has 1 heterocycles. The fourth-order valence-electron chi connectivity index (χ4n) is 4.54. The highest BCUT2D eigenvalue weighted by atomic mass is 16.3. The van der Waals surface area contributed by atoms with Crippen molar-refractivity contribution in [3.63, 3.8) is 0 Å². The standard InChI is InChI=1S/C26H29NO/c1-20-10-6-8-14-23(20)25(24-15-9-7-11-21(24)2)27-18-16-26(28,17-19-27)22-12-4-3-5-13-22/h3-15,25,28H,16-19H2,1-2H3. The van der Waals surface area contributed by atoms with Crippen molar-refractivity contribution in [3.8, 4) is 0 Å². The van der Waals surface area contributed by atoms with Gasteiger partial charge in [-0.05, 0) is 54.5 Å². The Balaban J connectivity index is 1.66. The van der Waals surface area contributed by atoms with Gasteiger partial charge in [-0.25, -0.2) is 0 Å². The Labute approximate surface area is 168 Å². The smallest absolute Gasteiger partial charge is 0.0920 e.